The lowest BCUT2D eigenvalue weighted by Gasteiger charge is -2.41. The van der Waals surface area contributed by atoms with Gasteiger partial charge in [0.05, 0.1) is 11.9 Å². The molecule has 1 unspecified atom stereocenters. The van der Waals surface area contributed by atoms with E-state index in [0.29, 0.717) is 18.8 Å². The topological polar surface area (TPSA) is 67.4 Å². The molecule has 1 atom stereocenters. The van der Waals surface area contributed by atoms with Gasteiger partial charge in [0, 0.05) is 43.4 Å². The third-order valence-corrected chi connectivity index (χ3v) is 5.55. The quantitative estimate of drug-likeness (QED) is 0.892. The first-order chi connectivity index (χ1) is 12.3. The van der Waals surface area contributed by atoms with Crippen molar-refractivity contribution >= 4 is 23.2 Å². The van der Waals surface area contributed by atoms with Crippen molar-refractivity contribution in [1.82, 2.24) is 19.6 Å². The number of hydrogen-bond donors (Lipinski definition) is 1. The maximum Gasteiger partial charge on any atom is 0.250 e. The van der Waals surface area contributed by atoms with Gasteiger partial charge in [-0.1, -0.05) is 29.8 Å². The van der Waals surface area contributed by atoms with Crippen molar-refractivity contribution in [1.29, 1.82) is 0 Å². The fraction of sp³-hybridized carbons (Fsp3) is 0.474. The van der Waals surface area contributed by atoms with Crippen LogP contribution in [0.25, 0.3) is 0 Å². The smallest absolute Gasteiger partial charge is 0.250 e. The molecule has 0 saturated carbocycles. The molecule has 1 fully saturated rings. The van der Waals surface area contributed by atoms with E-state index in [-0.39, 0.29) is 11.9 Å². The van der Waals surface area contributed by atoms with Gasteiger partial charge in [-0.2, -0.15) is 5.10 Å². The minimum absolute atomic E-state index is 0.0608. The Bertz CT molecular complexity index is 780. The molecule has 1 aromatic carbocycles. The molecule has 7 heteroatoms. The summed E-state index contributed by atoms with van der Waals surface area (Å²) in [7, 11) is 0. The molecule has 1 aliphatic heterocycles. The van der Waals surface area contributed by atoms with Gasteiger partial charge in [-0.15, -0.1) is 0 Å². The van der Waals surface area contributed by atoms with E-state index in [0.717, 1.165) is 23.7 Å². The normalized spacial score (nSPS) is 17.3. The summed E-state index contributed by atoms with van der Waals surface area (Å²) in [4.78, 5) is 17.3. The molecule has 2 N–H and O–H groups in total. The summed E-state index contributed by atoms with van der Waals surface area (Å²) in [6.45, 7) is 8.92. The first-order valence-electron chi connectivity index (χ1n) is 8.89. The number of anilines is 1. The monoisotopic (exact) mass is 375 g/mol. The maximum absolute atomic E-state index is 13.0. The molecular weight excluding hydrogens is 350 g/mol. The molecule has 1 saturated heterocycles. The first kappa shape index (κ1) is 18.7. The molecule has 1 aliphatic rings. The van der Waals surface area contributed by atoms with Crippen LogP contribution >= 0.6 is 11.6 Å². The van der Waals surface area contributed by atoms with Crippen molar-refractivity contribution < 1.29 is 4.79 Å². The summed E-state index contributed by atoms with van der Waals surface area (Å²) >= 11 is 6.34. The summed E-state index contributed by atoms with van der Waals surface area (Å²) in [5.74, 6) is 0.0608. The molecule has 2 aromatic rings. The van der Waals surface area contributed by atoms with Crippen LogP contribution in [0.4, 0.5) is 5.69 Å². The minimum atomic E-state index is -0.756. The van der Waals surface area contributed by atoms with Crippen LogP contribution in [-0.2, 0) is 10.3 Å². The number of carbonyl (C=O) groups excluding carboxylic acids is 1. The Hall–Kier alpha value is -2.05. The molecule has 1 amide bonds. The van der Waals surface area contributed by atoms with Crippen LogP contribution in [-0.4, -0.2) is 51.7 Å². The van der Waals surface area contributed by atoms with Crippen LogP contribution in [0.3, 0.4) is 0 Å². The van der Waals surface area contributed by atoms with E-state index in [2.05, 4.69) is 23.0 Å². The molecule has 0 spiro atoms. The van der Waals surface area contributed by atoms with Crippen LogP contribution in [0, 0.1) is 0 Å². The number of halogens is 1. The number of nitrogens with zero attached hydrogens (tertiary/aromatic N) is 4. The number of amides is 1. The Balaban J connectivity index is 1.65. The van der Waals surface area contributed by atoms with Gasteiger partial charge in [-0.3, -0.25) is 14.4 Å². The highest BCUT2D eigenvalue weighted by Gasteiger charge is 2.36. The second kappa shape index (κ2) is 7.29. The zero-order valence-corrected chi connectivity index (χ0v) is 16.3. The van der Waals surface area contributed by atoms with Gasteiger partial charge in [-0.05, 0) is 32.4 Å². The van der Waals surface area contributed by atoms with E-state index in [9.17, 15) is 4.79 Å². The van der Waals surface area contributed by atoms with Crippen molar-refractivity contribution in [3.8, 4) is 0 Å². The van der Waals surface area contributed by atoms with Gasteiger partial charge in [0.2, 0.25) is 5.91 Å². The third kappa shape index (κ3) is 3.57. The Labute approximate surface area is 159 Å². The van der Waals surface area contributed by atoms with E-state index in [1.807, 2.05) is 36.9 Å². The number of aromatic nitrogens is 2. The van der Waals surface area contributed by atoms with Crippen molar-refractivity contribution in [3.05, 3.63) is 47.2 Å². The molecule has 3 rings (SSSR count). The van der Waals surface area contributed by atoms with Gasteiger partial charge < -0.3 is 10.6 Å². The van der Waals surface area contributed by atoms with Gasteiger partial charge in [0.15, 0.2) is 0 Å². The Morgan fingerprint density at radius 3 is 2.46 bits per heavy atom. The molecule has 1 aromatic heterocycles. The van der Waals surface area contributed by atoms with Gasteiger partial charge in [-0.25, -0.2) is 0 Å². The highest BCUT2D eigenvalue weighted by atomic mass is 35.5. The Kier molecular flexibility index (Phi) is 5.25. The second-order valence-corrected chi connectivity index (χ2v) is 7.71. The summed E-state index contributed by atoms with van der Waals surface area (Å²) in [6, 6.07) is 8.16. The van der Waals surface area contributed by atoms with Crippen molar-refractivity contribution in [2.45, 2.75) is 32.4 Å². The average molecular weight is 376 g/mol. The molecule has 0 radical (unpaired) electrons. The number of carbonyl (C=O) groups is 1. The largest absolute Gasteiger partial charge is 0.396 e. The predicted molar refractivity (Wildman–Crippen MR) is 104 cm³/mol. The Morgan fingerprint density at radius 1 is 1.23 bits per heavy atom. The standard InChI is InChI=1S/C19H26ClN5O/c1-14(16-6-4-5-7-17(16)20)23-8-10-24(11-9-23)18(26)19(2,3)25-13-15(21)12-22-25/h4-7,12-14H,8-11,21H2,1-3H3. The fourth-order valence-corrected chi connectivity index (χ4v) is 3.74. The van der Waals surface area contributed by atoms with Crippen LogP contribution in [0.1, 0.15) is 32.4 Å². The number of nitrogens with two attached hydrogens (primary N) is 1. The first-order valence-corrected chi connectivity index (χ1v) is 9.27. The maximum atomic E-state index is 13.0. The summed E-state index contributed by atoms with van der Waals surface area (Å²) in [6.07, 6.45) is 3.27. The fourth-order valence-electron chi connectivity index (χ4n) is 3.45. The van der Waals surface area contributed by atoms with E-state index in [1.165, 1.54) is 0 Å². The lowest BCUT2D eigenvalue weighted by Crippen LogP contribution is -2.55. The van der Waals surface area contributed by atoms with Crippen molar-refractivity contribution in [2.75, 3.05) is 31.9 Å². The van der Waals surface area contributed by atoms with Crippen LogP contribution in [0.2, 0.25) is 5.02 Å². The number of benzene rings is 1. The summed E-state index contributed by atoms with van der Waals surface area (Å²) < 4.78 is 1.64. The number of piperazine rings is 1. The van der Waals surface area contributed by atoms with Crippen LogP contribution in [0.15, 0.2) is 36.7 Å². The predicted octanol–water partition coefficient (Wildman–Crippen LogP) is 2.76. The molecule has 26 heavy (non-hydrogen) atoms. The van der Waals surface area contributed by atoms with Crippen LogP contribution < -0.4 is 5.73 Å². The number of rotatable bonds is 4. The summed E-state index contributed by atoms with van der Waals surface area (Å²) in [5, 5.41) is 5.00. The van der Waals surface area contributed by atoms with E-state index in [4.69, 9.17) is 17.3 Å². The lowest BCUT2D eigenvalue weighted by atomic mass is 10.0. The number of hydrogen-bond acceptors (Lipinski definition) is 4. The molecule has 6 nitrogen and oxygen atoms in total. The van der Waals surface area contributed by atoms with E-state index >= 15 is 0 Å². The van der Waals surface area contributed by atoms with Crippen molar-refractivity contribution in [2.24, 2.45) is 0 Å². The summed E-state index contributed by atoms with van der Waals surface area (Å²) in [5.41, 5.74) is 6.68. The highest BCUT2D eigenvalue weighted by Crippen LogP contribution is 2.28. The van der Waals surface area contributed by atoms with Gasteiger partial charge >= 0.3 is 0 Å². The second-order valence-electron chi connectivity index (χ2n) is 7.30. The molecule has 0 aliphatic carbocycles. The number of nitrogen functional groups attached to an aromatic ring is 1. The average Bonchev–Trinajstić information content (AvgIpc) is 3.08. The van der Waals surface area contributed by atoms with E-state index in [1.54, 1.807) is 17.1 Å². The van der Waals surface area contributed by atoms with Crippen LogP contribution in [0.5, 0.6) is 0 Å². The lowest BCUT2D eigenvalue weighted by molar-refractivity contribution is -0.141. The molecular formula is C19H26ClN5O. The molecule has 140 valence electrons. The zero-order chi connectivity index (χ0) is 18.9. The Morgan fingerprint density at radius 2 is 1.88 bits per heavy atom. The molecule has 2 heterocycles. The SMILES string of the molecule is CC(c1ccccc1Cl)N1CCN(C(=O)C(C)(C)n2cc(N)cn2)CC1. The van der Waals surface area contributed by atoms with Gasteiger partial charge in [0.1, 0.15) is 5.54 Å². The molecule has 0 bridgehead atoms. The third-order valence-electron chi connectivity index (χ3n) is 5.20. The van der Waals surface area contributed by atoms with Crippen molar-refractivity contribution in [3.63, 3.8) is 0 Å². The zero-order valence-electron chi connectivity index (χ0n) is 15.5. The minimum Gasteiger partial charge on any atom is -0.396 e. The highest BCUT2D eigenvalue weighted by molar-refractivity contribution is 6.31. The van der Waals surface area contributed by atoms with E-state index < -0.39 is 5.54 Å². The van der Waals surface area contributed by atoms with Gasteiger partial charge in [0.25, 0.3) is 0 Å².